The molecule has 0 radical (unpaired) electrons. The summed E-state index contributed by atoms with van der Waals surface area (Å²) < 4.78 is 0. The molecule has 0 fully saturated rings. The predicted octanol–water partition coefficient (Wildman–Crippen LogP) is 3.75. The Morgan fingerprint density at radius 1 is 1.10 bits per heavy atom. The maximum absolute atomic E-state index is 5.51. The third kappa shape index (κ3) is 3.01. The number of hydrogen-bond donors (Lipinski definition) is 1. The molecule has 0 bridgehead atoms. The lowest BCUT2D eigenvalue weighted by atomic mass is 10.2. The molecule has 5 heteroatoms. The average Bonchev–Trinajstić information content (AvgIpc) is 3.03. The van der Waals surface area contributed by atoms with Crippen LogP contribution in [0.15, 0.2) is 60.4 Å². The van der Waals surface area contributed by atoms with Crippen LogP contribution >= 0.6 is 11.3 Å². The Morgan fingerprint density at radius 2 is 2.00 bits per heavy atom. The summed E-state index contributed by atoms with van der Waals surface area (Å²) in [6.07, 6.45) is 3.29. The normalized spacial score (nSPS) is 10.4. The molecular formula is C15H13N3OS. The number of nitrogens with zero attached hydrogens (tertiary/aromatic N) is 2. The van der Waals surface area contributed by atoms with Crippen molar-refractivity contribution in [1.29, 1.82) is 0 Å². The zero-order valence-electron chi connectivity index (χ0n) is 10.7. The van der Waals surface area contributed by atoms with Gasteiger partial charge in [0, 0.05) is 11.1 Å². The van der Waals surface area contributed by atoms with Crippen LogP contribution in [0.1, 0.15) is 5.56 Å². The lowest BCUT2D eigenvalue weighted by Gasteiger charge is -2.09. The minimum atomic E-state index is 0.481. The van der Waals surface area contributed by atoms with E-state index in [1.54, 1.807) is 17.5 Å². The van der Waals surface area contributed by atoms with E-state index < -0.39 is 0 Å². The lowest BCUT2D eigenvalue weighted by Crippen LogP contribution is -2.04. The van der Waals surface area contributed by atoms with Crippen molar-refractivity contribution in [2.45, 2.75) is 6.61 Å². The van der Waals surface area contributed by atoms with Gasteiger partial charge in [-0.2, -0.15) is 0 Å². The van der Waals surface area contributed by atoms with Gasteiger partial charge in [-0.05, 0) is 17.0 Å². The van der Waals surface area contributed by atoms with Crippen LogP contribution in [-0.4, -0.2) is 9.97 Å². The van der Waals surface area contributed by atoms with Crippen molar-refractivity contribution < 1.29 is 4.84 Å². The van der Waals surface area contributed by atoms with Gasteiger partial charge in [0.1, 0.15) is 6.33 Å². The third-order valence-electron chi connectivity index (χ3n) is 2.75. The summed E-state index contributed by atoms with van der Waals surface area (Å²) >= 11 is 1.64. The minimum Gasteiger partial charge on any atom is -0.270 e. The van der Waals surface area contributed by atoms with Crippen LogP contribution in [0.4, 0.5) is 5.82 Å². The van der Waals surface area contributed by atoms with E-state index in [9.17, 15) is 0 Å². The summed E-state index contributed by atoms with van der Waals surface area (Å²) in [6, 6.07) is 14.0. The molecule has 1 N–H and O–H groups in total. The largest absolute Gasteiger partial charge is 0.270 e. The Morgan fingerprint density at radius 3 is 2.80 bits per heavy atom. The molecule has 0 unspecified atom stereocenters. The molecule has 0 saturated heterocycles. The van der Waals surface area contributed by atoms with Gasteiger partial charge in [0.15, 0.2) is 5.82 Å². The van der Waals surface area contributed by atoms with Gasteiger partial charge in [0.25, 0.3) is 0 Å². The zero-order chi connectivity index (χ0) is 13.6. The molecule has 1 aromatic carbocycles. The third-order valence-corrected chi connectivity index (χ3v) is 3.65. The van der Waals surface area contributed by atoms with Gasteiger partial charge in [0.05, 0.1) is 12.2 Å². The van der Waals surface area contributed by atoms with Crippen molar-refractivity contribution in [2.75, 3.05) is 5.48 Å². The summed E-state index contributed by atoms with van der Waals surface area (Å²) in [5.74, 6) is 0.679. The molecule has 3 rings (SSSR count). The highest BCUT2D eigenvalue weighted by molar-refractivity contribution is 7.13. The summed E-state index contributed by atoms with van der Waals surface area (Å²) in [5.41, 5.74) is 4.95. The summed E-state index contributed by atoms with van der Waals surface area (Å²) in [4.78, 5) is 14.9. The molecule has 0 atom stereocenters. The lowest BCUT2D eigenvalue weighted by molar-refractivity contribution is 0.179. The first-order valence-corrected chi connectivity index (χ1v) is 7.07. The Kier molecular flexibility index (Phi) is 4.01. The molecule has 4 nitrogen and oxygen atoms in total. The van der Waals surface area contributed by atoms with Crippen LogP contribution in [0.25, 0.3) is 10.4 Å². The van der Waals surface area contributed by atoms with Gasteiger partial charge < -0.3 is 0 Å². The van der Waals surface area contributed by atoms with Crippen LogP contribution in [0.5, 0.6) is 0 Å². The van der Waals surface area contributed by atoms with Gasteiger partial charge in [-0.3, -0.25) is 4.84 Å². The van der Waals surface area contributed by atoms with E-state index in [4.69, 9.17) is 4.84 Å². The van der Waals surface area contributed by atoms with E-state index >= 15 is 0 Å². The molecule has 20 heavy (non-hydrogen) atoms. The van der Waals surface area contributed by atoms with E-state index in [0.717, 1.165) is 16.0 Å². The van der Waals surface area contributed by atoms with Gasteiger partial charge in [-0.1, -0.05) is 36.4 Å². The van der Waals surface area contributed by atoms with Gasteiger partial charge in [-0.25, -0.2) is 15.4 Å². The van der Waals surface area contributed by atoms with E-state index in [2.05, 4.69) is 15.4 Å². The summed E-state index contributed by atoms with van der Waals surface area (Å²) in [5, 5.41) is 2.02. The Hall–Kier alpha value is -2.24. The summed E-state index contributed by atoms with van der Waals surface area (Å²) in [6.45, 7) is 0.481. The van der Waals surface area contributed by atoms with E-state index in [0.29, 0.717) is 12.4 Å². The second-order valence-electron chi connectivity index (χ2n) is 4.14. The Labute approximate surface area is 121 Å². The summed E-state index contributed by atoms with van der Waals surface area (Å²) in [7, 11) is 0. The van der Waals surface area contributed by atoms with Gasteiger partial charge >= 0.3 is 0 Å². The highest BCUT2D eigenvalue weighted by Gasteiger charge is 2.07. The maximum atomic E-state index is 5.51. The standard InChI is InChI=1S/C15H13N3OS/c1-2-5-12(6-3-1)10-19-18-15-13(9-16-11-17-15)14-7-4-8-20-14/h1-9,11H,10H2,(H,16,17,18). The Balaban J connectivity index is 1.69. The molecule has 0 aliphatic carbocycles. The first-order valence-electron chi connectivity index (χ1n) is 6.19. The zero-order valence-corrected chi connectivity index (χ0v) is 11.5. The second-order valence-corrected chi connectivity index (χ2v) is 5.09. The number of benzene rings is 1. The van der Waals surface area contributed by atoms with Crippen LogP contribution in [0.3, 0.4) is 0 Å². The predicted molar refractivity (Wildman–Crippen MR) is 80.2 cm³/mol. The van der Waals surface area contributed by atoms with Gasteiger partial charge in [-0.15, -0.1) is 11.3 Å². The number of anilines is 1. The number of nitrogens with one attached hydrogen (secondary N) is 1. The minimum absolute atomic E-state index is 0.481. The molecule has 100 valence electrons. The van der Waals surface area contributed by atoms with Crippen molar-refractivity contribution in [2.24, 2.45) is 0 Å². The number of thiophene rings is 1. The maximum Gasteiger partial charge on any atom is 0.161 e. The smallest absolute Gasteiger partial charge is 0.161 e. The van der Waals surface area contributed by atoms with Crippen molar-refractivity contribution in [1.82, 2.24) is 9.97 Å². The number of rotatable bonds is 5. The molecular weight excluding hydrogens is 270 g/mol. The van der Waals surface area contributed by atoms with E-state index in [-0.39, 0.29) is 0 Å². The number of aromatic nitrogens is 2. The molecule has 0 amide bonds. The molecule has 3 aromatic rings. The van der Waals surface area contributed by atoms with E-state index in [1.807, 2.05) is 47.8 Å². The highest BCUT2D eigenvalue weighted by Crippen LogP contribution is 2.29. The second kappa shape index (κ2) is 6.27. The van der Waals surface area contributed by atoms with Crippen LogP contribution in [0.2, 0.25) is 0 Å². The topological polar surface area (TPSA) is 47.0 Å². The Bertz CT molecular complexity index is 656. The molecule has 0 spiro atoms. The van der Waals surface area contributed by atoms with Crippen LogP contribution in [-0.2, 0) is 11.4 Å². The monoisotopic (exact) mass is 283 g/mol. The fraction of sp³-hybridized carbons (Fsp3) is 0.0667. The average molecular weight is 283 g/mol. The fourth-order valence-corrected chi connectivity index (χ4v) is 2.52. The van der Waals surface area contributed by atoms with Crippen molar-refractivity contribution in [3.05, 3.63) is 65.9 Å². The fourth-order valence-electron chi connectivity index (χ4n) is 1.79. The highest BCUT2D eigenvalue weighted by atomic mass is 32.1. The first-order chi connectivity index (χ1) is 9.93. The number of hydrogen-bond acceptors (Lipinski definition) is 5. The molecule has 2 heterocycles. The van der Waals surface area contributed by atoms with Crippen molar-refractivity contribution >= 4 is 17.2 Å². The molecule has 2 aromatic heterocycles. The molecule has 0 aliphatic heterocycles. The molecule has 0 saturated carbocycles. The molecule has 0 aliphatic rings. The first kappa shape index (κ1) is 12.8. The van der Waals surface area contributed by atoms with Crippen LogP contribution in [0, 0.1) is 0 Å². The SMILES string of the molecule is c1ccc(CONc2ncncc2-c2cccs2)cc1. The quantitative estimate of drug-likeness (QED) is 0.724. The van der Waals surface area contributed by atoms with Crippen molar-refractivity contribution in [3.63, 3.8) is 0 Å². The van der Waals surface area contributed by atoms with Crippen molar-refractivity contribution in [3.8, 4) is 10.4 Å². The van der Waals surface area contributed by atoms with Crippen LogP contribution < -0.4 is 5.48 Å². The van der Waals surface area contributed by atoms with Gasteiger partial charge in [0.2, 0.25) is 0 Å². The van der Waals surface area contributed by atoms with E-state index in [1.165, 1.54) is 6.33 Å².